The van der Waals surface area contributed by atoms with Crippen molar-refractivity contribution in [3.63, 3.8) is 0 Å². The molecule has 20 heavy (non-hydrogen) atoms. The van der Waals surface area contributed by atoms with Crippen molar-refractivity contribution in [2.24, 2.45) is 5.73 Å². The molecule has 3 N–H and O–H groups in total. The Morgan fingerprint density at radius 3 is 2.50 bits per heavy atom. The van der Waals surface area contributed by atoms with Gasteiger partial charge in [0.25, 0.3) is 0 Å². The van der Waals surface area contributed by atoms with Crippen LogP contribution in [0.15, 0.2) is 24.3 Å². The summed E-state index contributed by atoms with van der Waals surface area (Å²) in [4.78, 5) is 11.7. The van der Waals surface area contributed by atoms with Crippen LogP contribution < -0.4 is 15.8 Å². The number of carbonyl (C=O) groups excluding carboxylic acids is 1. The second-order valence-electron chi connectivity index (χ2n) is 5.19. The Morgan fingerprint density at radius 2 is 2.00 bits per heavy atom. The fraction of sp³-hybridized carbons (Fsp3) is 0.500. The number of benzene rings is 1. The fourth-order valence-electron chi connectivity index (χ4n) is 2.18. The van der Waals surface area contributed by atoms with Crippen LogP contribution in [-0.4, -0.2) is 18.1 Å². The topological polar surface area (TPSA) is 64.4 Å². The number of carbonyl (C=O) groups is 1. The standard InChI is InChI=1S/C14H18F2N2O2/c15-13(16)20-11-4-2-10(3-5-11)9-18-12(19)8-14(17)6-1-7-14/h2-5,13H,1,6-9,17H2,(H,18,19). The fourth-order valence-corrected chi connectivity index (χ4v) is 2.18. The molecule has 0 bridgehead atoms. The van der Waals surface area contributed by atoms with Gasteiger partial charge in [-0.1, -0.05) is 12.1 Å². The van der Waals surface area contributed by atoms with Crippen molar-refractivity contribution >= 4 is 5.91 Å². The Morgan fingerprint density at radius 1 is 1.35 bits per heavy atom. The number of ether oxygens (including phenoxy) is 1. The Kier molecular flexibility index (Phi) is 4.54. The lowest BCUT2D eigenvalue weighted by Crippen LogP contribution is -2.49. The number of alkyl halides is 2. The average Bonchev–Trinajstić information content (AvgIpc) is 2.35. The van der Waals surface area contributed by atoms with Gasteiger partial charge in [-0.05, 0) is 37.0 Å². The lowest BCUT2D eigenvalue weighted by Gasteiger charge is -2.37. The zero-order valence-electron chi connectivity index (χ0n) is 11.1. The minimum absolute atomic E-state index is 0.0832. The molecule has 110 valence electrons. The van der Waals surface area contributed by atoms with Crippen molar-refractivity contribution in [1.82, 2.24) is 5.32 Å². The van der Waals surface area contributed by atoms with Gasteiger partial charge in [-0.25, -0.2) is 0 Å². The van der Waals surface area contributed by atoms with Gasteiger partial charge >= 0.3 is 6.61 Å². The second-order valence-corrected chi connectivity index (χ2v) is 5.19. The van der Waals surface area contributed by atoms with Crippen LogP contribution in [0.5, 0.6) is 5.75 Å². The van der Waals surface area contributed by atoms with Gasteiger partial charge < -0.3 is 15.8 Å². The van der Waals surface area contributed by atoms with Gasteiger partial charge in [0, 0.05) is 18.5 Å². The Bertz CT molecular complexity index is 459. The van der Waals surface area contributed by atoms with Crippen molar-refractivity contribution in [2.75, 3.05) is 0 Å². The minimum Gasteiger partial charge on any atom is -0.435 e. The molecule has 1 aliphatic carbocycles. The predicted octanol–water partition coefficient (Wildman–Crippen LogP) is 2.18. The average molecular weight is 284 g/mol. The van der Waals surface area contributed by atoms with Gasteiger partial charge in [0.05, 0.1) is 0 Å². The molecule has 0 radical (unpaired) electrons. The molecule has 1 saturated carbocycles. The van der Waals surface area contributed by atoms with E-state index in [0.29, 0.717) is 13.0 Å². The highest BCUT2D eigenvalue weighted by atomic mass is 19.3. The molecule has 1 amide bonds. The Balaban J connectivity index is 1.77. The molecule has 6 heteroatoms. The first kappa shape index (κ1) is 14.7. The highest BCUT2D eigenvalue weighted by Crippen LogP contribution is 2.31. The summed E-state index contributed by atoms with van der Waals surface area (Å²) in [6.07, 6.45) is 3.19. The number of amides is 1. The van der Waals surface area contributed by atoms with E-state index in [1.807, 2.05) is 0 Å². The SMILES string of the molecule is NC1(CC(=O)NCc2ccc(OC(F)F)cc2)CCC1. The van der Waals surface area contributed by atoms with E-state index in [9.17, 15) is 13.6 Å². The summed E-state index contributed by atoms with van der Waals surface area (Å²) in [6.45, 7) is -2.48. The zero-order chi connectivity index (χ0) is 14.6. The van der Waals surface area contributed by atoms with Crippen molar-refractivity contribution < 1.29 is 18.3 Å². The molecule has 0 saturated heterocycles. The van der Waals surface area contributed by atoms with Crippen LogP contribution in [0.2, 0.25) is 0 Å². The van der Waals surface area contributed by atoms with Crippen LogP contribution in [0.4, 0.5) is 8.78 Å². The molecule has 0 aromatic heterocycles. The summed E-state index contributed by atoms with van der Waals surface area (Å²) in [5.74, 6) is 0.0190. The molecule has 0 spiro atoms. The van der Waals surface area contributed by atoms with E-state index in [1.165, 1.54) is 12.1 Å². The highest BCUT2D eigenvalue weighted by Gasteiger charge is 2.34. The molecule has 1 aliphatic rings. The summed E-state index contributed by atoms with van der Waals surface area (Å²) in [5.41, 5.74) is 6.48. The van der Waals surface area contributed by atoms with Crippen LogP contribution >= 0.6 is 0 Å². The van der Waals surface area contributed by atoms with Crippen LogP contribution in [0, 0.1) is 0 Å². The normalized spacial score (nSPS) is 16.6. The number of rotatable bonds is 6. The first-order valence-corrected chi connectivity index (χ1v) is 6.56. The van der Waals surface area contributed by atoms with Crippen molar-refractivity contribution in [3.05, 3.63) is 29.8 Å². The summed E-state index contributed by atoms with van der Waals surface area (Å²) < 4.78 is 28.2. The third-order valence-corrected chi connectivity index (χ3v) is 3.50. The third-order valence-electron chi connectivity index (χ3n) is 3.50. The Hall–Kier alpha value is -1.69. The number of nitrogens with one attached hydrogen (secondary N) is 1. The summed E-state index contributed by atoms with van der Waals surface area (Å²) in [5, 5.41) is 2.78. The minimum atomic E-state index is -2.83. The maximum absolute atomic E-state index is 12.0. The van der Waals surface area contributed by atoms with Crippen LogP contribution in [0.1, 0.15) is 31.2 Å². The number of hydrogen-bond donors (Lipinski definition) is 2. The molecule has 0 atom stereocenters. The molecule has 1 aromatic rings. The molecule has 0 unspecified atom stereocenters. The maximum atomic E-state index is 12.0. The molecule has 0 heterocycles. The first-order valence-electron chi connectivity index (χ1n) is 6.56. The number of halogens is 2. The number of nitrogens with two attached hydrogens (primary N) is 1. The molecule has 0 aliphatic heterocycles. The molecule has 4 nitrogen and oxygen atoms in total. The lowest BCUT2D eigenvalue weighted by molar-refractivity contribution is -0.123. The smallest absolute Gasteiger partial charge is 0.387 e. The second kappa shape index (κ2) is 6.17. The lowest BCUT2D eigenvalue weighted by atomic mass is 9.75. The van der Waals surface area contributed by atoms with Crippen LogP contribution in [-0.2, 0) is 11.3 Å². The summed E-state index contributed by atoms with van der Waals surface area (Å²) in [6, 6.07) is 6.17. The largest absolute Gasteiger partial charge is 0.435 e. The first-order chi connectivity index (χ1) is 9.47. The molecular formula is C14H18F2N2O2. The molecular weight excluding hydrogens is 266 g/mol. The zero-order valence-corrected chi connectivity index (χ0v) is 11.1. The van der Waals surface area contributed by atoms with E-state index < -0.39 is 6.61 Å². The molecule has 1 aromatic carbocycles. The molecule has 1 fully saturated rings. The van der Waals surface area contributed by atoms with E-state index >= 15 is 0 Å². The number of hydrogen-bond acceptors (Lipinski definition) is 3. The van der Waals surface area contributed by atoms with Crippen molar-refractivity contribution in [1.29, 1.82) is 0 Å². The van der Waals surface area contributed by atoms with Gasteiger partial charge in [0.2, 0.25) is 5.91 Å². The Labute approximate surface area is 116 Å². The van der Waals surface area contributed by atoms with E-state index in [0.717, 1.165) is 24.8 Å². The van der Waals surface area contributed by atoms with Crippen LogP contribution in [0.3, 0.4) is 0 Å². The van der Waals surface area contributed by atoms with Crippen molar-refractivity contribution in [3.8, 4) is 5.75 Å². The van der Waals surface area contributed by atoms with E-state index in [4.69, 9.17) is 5.73 Å². The summed E-state index contributed by atoms with van der Waals surface area (Å²) >= 11 is 0. The van der Waals surface area contributed by atoms with Gasteiger partial charge in [-0.15, -0.1) is 0 Å². The van der Waals surface area contributed by atoms with Gasteiger partial charge in [-0.3, -0.25) is 4.79 Å². The quantitative estimate of drug-likeness (QED) is 0.841. The molecule has 2 rings (SSSR count). The van der Waals surface area contributed by atoms with E-state index in [2.05, 4.69) is 10.1 Å². The van der Waals surface area contributed by atoms with E-state index in [1.54, 1.807) is 12.1 Å². The van der Waals surface area contributed by atoms with Crippen LogP contribution in [0.25, 0.3) is 0 Å². The monoisotopic (exact) mass is 284 g/mol. The maximum Gasteiger partial charge on any atom is 0.387 e. The predicted molar refractivity (Wildman–Crippen MR) is 70.3 cm³/mol. The van der Waals surface area contributed by atoms with E-state index in [-0.39, 0.29) is 17.2 Å². The highest BCUT2D eigenvalue weighted by molar-refractivity contribution is 5.77. The van der Waals surface area contributed by atoms with Gasteiger partial charge in [0.15, 0.2) is 0 Å². The third kappa shape index (κ3) is 4.16. The van der Waals surface area contributed by atoms with Crippen molar-refractivity contribution in [2.45, 2.75) is 44.4 Å². The van der Waals surface area contributed by atoms with Gasteiger partial charge in [0.1, 0.15) is 5.75 Å². The summed E-state index contributed by atoms with van der Waals surface area (Å²) in [7, 11) is 0. The van der Waals surface area contributed by atoms with Gasteiger partial charge in [-0.2, -0.15) is 8.78 Å².